The maximum Gasteiger partial charge on any atom is 0.408 e. The summed E-state index contributed by atoms with van der Waals surface area (Å²) in [6, 6.07) is 4.72. The number of rotatable bonds is 9. The number of benzene rings is 1. The van der Waals surface area contributed by atoms with Crippen molar-refractivity contribution in [1.29, 1.82) is 0 Å². The van der Waals surface area contributed by atoms with Crippen LogP contribution in [0.5, 0.6) is 5.75 Å². The molecule has 0 radical (unpaired) electrons. The number of amides is 3. The second-order valence-corrected chi connectivity index (χ2v) is 7.62. The third-order valence-electron chi connectivity index (χ3n) is 3.04. The molecule has 1 aromatic carbocycles. The van der Waals surface area contributed by atoms with E-state index in [2.05, 4.69) is 16.0 Å². The highest BCUT2D eigenvalue weighted by molar-refractivity contribution is 6.35. The zero-order chi connectivity index (χ0) is 21.2. The second-order valence-electron chi connectivity index (χ2n) is 6.77. The van der Waals surface area contributed by atoms with E-state index in [0.29, 0.717) is 35.3 Å². The average molecular weight is 434 g/mol. The Bertz CT molecular complexity index is 692. The van der Waals surface area contributed by atoms with Crippen LogP contribution in [0.4, 0.5) is 4.79 Å². The van der Waals surface area contributed by atoms with Crippen LogP contribution >= 0.6 is 23.2 Å². The number of halogens is 2. The largest absolute Gasteiger partial charge is 0.482 e. The summed E-state index contributed by atoms with van der Waals surface area (Å²) < 4.78 is 10.3. The predicted molar refractivity (Wildman–Crippen MR) is 107 cm³/mol. The molecule has 0 aromatic heterocycles. The maximum atomic E-state index is 11.7. The van der Waals surface area contributed by atoms with Gasteiger partial charge in [0.15, 0.2) is 6.61 Å². The number of hydrogen-bond acceptors (Lipinski definition) is 5. The summed E-state index contributed by atoms with van der Waals surface area (Å²) in [4.78, 5) is 34.8. The van der Waals surface area contributed by atoms with Crippen molar-refractivity contribution in [2.75, 3.05) is 26.2 Å². The monoisotopic (exact) mass is 433 g/mol. The van der Waals surface area contributed by atoms with Crippen molar-refractivity contribution in [1.82, 2.24) is 16.0 Å². The zero-order valence-electron chi connectivity index (χ0n) is 16.1. The van der Waals surface area contributed by atoms with Crippen LogP contribution in [0.15, 0.2) is 18.2 Å². The molecular weight excluding hydrogens is 409 g/mol. The number of ether oxygens (including phenoxy) is 2. The molecule has 0 aliphatic rings. The van der Waals surface area contributed by atoms with Gasteiger partial charge in [0.2, 0.25) is 5.91 Å². The molecule has 10 heteroatoms. The Morgan fingerprint density at radius 3 is 2.25 bits per heavy atom. The van der Waals surface area contributed by atoms with E-state index in [1.807, 2.05) is 0 Å². The van der Waals surface area contributed by atoms with Crippen LogP contribution in [0.3, 0.4) is 0 Å². The fourth-order valence-electron chi connectivity index (χ4n) is 1.86. The lowest BCUT2D eigenvalue weighted by atomic mass is 10.2. The smallest absolute Gasteiger partial charge is 0.408 e. The molecule has 0 heterocycles. The van der Waals surface area contributed by atoms with Crippen LogP contribution in [0, 0.1) is 0 Å². The minimum Gasteiger partial charge on any atom is -0.482 e. The summed E-state index contributed by atoms with van der Waals surface area (Å²) >= 11 is 11.7. The molecular formula is C18H25Cl2N3O5. The first-order chi connectivity index (χ1) is 13.1. The van der Waals surface area contributed by atoms with Gasteiger partial charge in [-0.1, -0.05) is 23.2 Å². The van der Waals surface area contributed by atoms with Gasteiger partial charge in [0, 0.05) is 18.1 Å². The fraction of sp³-hybridized carbons (Fsp3) is 0.500. The molecule has 0 fully saturated rings. The van der Waals surface area contributed by atoms with Crippen LogP contribution in [-0.2, 0) is 14.3 Å². The molecule has 0 aliphatic heterocycles. The first kappa shape index (κ1) is 23.8. The Hall–Kier alpha value is -2.19. The van der Waals surface area contributed by atoms with Crippen molar-refractivity contribution < 1.29 is 23.9 Å². The maximum absolute atomic E-state index is 11.7. The van der Waals surface area contributed by atoms with E-state index in [4.69, 9.17) is 32.7 Å². The van der Waals surface area contributed by atoms with E-state index in [0.717, 1.165) is 0 Å². The van der Waals surface area contributed by atoms with Gasteiger partial charge in [-0.15, -0.1) is 0 Å². The number of nitrogens with one attached hydrogen (secondary N) is 3. The molecule has 1 rings (SSSR count). The summed E-state index contributed by atoms with van der Waals surface area (Å²) in [6.45, 7) is 5.53. The molecule has 0 unspecified atom stereocenters. The van der Waals surface area contributed by atoms with Gasteiger partial charge in [0.1, 0.15) is 11.4 Å². The Labute approximate surface area is 174 Å². The van der Waals surface area contributed by atoms with Gasteiger partial charge < -0.3 is 25.4 Å². The summed E-state index contributed by atoms with van der Waals surface area (Å²) in [5.41, 5.74) is -0.624. The van der Waals surface area contributed by atoms with E-state index < -0.39 is 11.7 Å². The molecule has 0 aliphatic carbocycles. The predicted octanol–water partition coefficient (Wildman–Crippen LogP) is 2.52. The lowest BCUT2D eigenvalue weighted by Crippen LogP contribution is -2.40. The van der Waals surface area contributed by atoms with Crippen LogP contribution in [-0.4, -0.2) is 49.7 Å². The topological polar surface area (TPSA) is 106 Å². The minimum atomic E-state index is -0.657. The third-order valence-corrected chi connectivity index (χ3v) is 3.57. The van der Waals surface area contributed by atoms with Crippen LogP contribution < -0.4 is 20.7 Å². The molecule has 1 aromatic rings. The van der Waals surface area contributed by atoms with Gasteiger partial charge in [0.05, 0.1) is 11.6 Å². The van der Waals surface area contributed by atoms with Crippen molar-refractivity contribution in [3.05, 3.63) is 28.2 Å². The van der Waals surface area contributed by atoms with E-state index in [1.165, 1.54) is 6.07 Å². The molecule has 0 atom stereocenters. The molecule has 0 spiro atoms. The molecule has 0 saturated carbocycles. The van der Waals surface area contributed by atoms with Gasteiger partial charge in [-0.25, -0.2) is 4.79 Å². The first-order valence-electron chi connectivity index (χ1n) is 8.65. The van der Waals surface area contributed by atoms with Gasteiger partial charge >= 0.3 is 6.09 Å². The van der Waals surface area contributed by atoms with Gasteiger partial charge in [-0.2, -0.15) is 0 Å². The molecule has 0 bridgehead atoms. The van der Waals surface area contributed by atoms with Crippen LogP contribution in [0.1, 0.15) is 27.2 Å². The number of carbonyl (C=O) groups is 3. The van der Waals surface area contributed by atoms with Crippen molar-refractivity contribution in [3.8, 4) is 5.75 Å². The lowest BCUT2D eigenvalue weighted by molar-refractivity contribution is -0.123. The van der Waals surface area contributed by atoms with Crippen molar-refractivity contribution in [2.24, 2.45) is 0 Å². The highest BCUT2D eigenvalue weighted by Gasteiger charge is 2.16. The van der Waals surface area contributed by atoms with E-state index >= 15 is 0 Å². The van der Waals surface area contributed by atoms with Crippen molar-refractivity contribution in [2.45, 2.75) is 32.8 Å². The summed E-state index contributed by atoms with van der Waals surface area (Å²) in [6.07, 6.45) is -0.137. The number of hydrogen-bond donors (Lipinski definition) is 3. The highest BCUT2D eigenvalue weighted by Crippen LogP contribution is 2.27. The standard InChI is InChI=1S/C18H25Cl2N3O5/c1-18(2,3)28-17(26)23-10-15(24)21-7-4-8-22-16(25)11-27-14-6-5-12(19)9-13(14)20/h5-6,9H,4,7-8,10-11H2,1-3H3,(H,21,24)(H,22,25)(H,23,26). The lowest BCUT2D eigenvalue weighted by Gasteiger charge is -2.19. The summed E-state index contributed by atoms with van der Waals surface area (Å²) in [5, 5.41) is 8.44. The molecule has 8 nitrogen and oxygen atoms in total. The molecule has 0 saturated heterocycles. The Kier molecular flexibility index (Phi) is 9.89. The number of alkyl carbamates (subject to hydrolysis) is 1. The third kappa shape index (κ3) is 10.8. The second kappa shape index (κ2) is 11.6. The van der Waals surface area contributed by atoms with E-state index in [-0.39, 0.29) is 25.0 Å². The van der Waals surface area contributed by atoms with E-state index in [9.17, 15) is 14.4 Å². The Balaban J connectivity index is 2.10. The van der Waals surface area contributed by atoms with Crippen LogP contribution in [0.25, 0.3) is 0 Å². The summed E-state index contributed by atoms with van der Waals surface area (Å²) in [5.74, 6) is -0.298. The van der Waals surface area contributed by atoms with Crippen molar-refractivity contribution in [3.63, 3.8) is 0 Å². The van der Waals surface area contributed by atoms with Gasteiger partial charge in [-0.3, -0.25) is 9.59 Å². The SMILES string of the molecule is CC(C)(C)OC(=O)NCC(=O)NCCCNC(=O)COc1ccc(Cl)cc1Cl. The van der Waals surface area contributed by atoms with Gasteiger partial charge in [-0.05, 0) is 45.4 Å². The van der Waals surface area contributed by atoms with Crippen molar-refractivity contribution >= 4 is 41.1 Å². The number of carbonyl (C=O) groups excluding carboxylic acids is 3. The quantitative estimate of drug-likeness (QED) is 0.518. The van der Waals surface area contributed by atoms with Crippen LogP contribution in [0.2, 0.25) is 10.0 Å². The first-order valence-corrected chi connectivity index (χ1v) is 9.40. The Morgan fingerprint density at radius 2 is 1.64 bits per heavy atom. The molecule has 3 N–H and O–H groups in total. The van der Waals surface area contributed by atoms with E-state index in [1.54, 1.807) is 32.9 Å². The molecule has 156 valence electrons. The Morgan fingerprint density at radius 1 is 1.00 bits per heavy atom. The summed E-state index contributed by atoms with van der Waals surface area (Å²) in [7, 11) is 0. The molecule has 3 amide bonds. The zero-order valence-corrected chi connectivity index (χ0v) is 17.6. The minimum absolute atomic E-state index is 0.184. The van der Waals surface area contributed by atoms with Gasteiger partial charge in [0.25, 0.3) is 5.91 Å². The molecule has 28 heavy (non-hydrogen) atoms. The normalized spacial score (nSPS) is 10.8. The average Bonchev–Trinajstić information content (AvgIpc) is 2.57. The fourth-order valence-corrected chi connectivity index (χ4v) is 2.32. The highest BCUT2D eigenvalue weighted by atomic mass is 35.5.